The summed E-state index contributed by atoms with van der Waals surface area (Å²) in [5.41, 5.74) is 10.5. The smallest absolute Gasteiger partial charge is 0.255 e. The SMILES string of the molecule is CN(C)c1cc(-c2cccc(CN)c2)c(O)c2c1C[C@H]1C[C@H]3[C@H](N(C)C)C(O)=C(C(N)=O)C(=O)[C@@]3(O)C(O)=C1C2=O. The number of nitrogens with two attached hydrogens (primary N) is 2. The number of hydrogen-bond donors (Lipinski definition) is 6. The first-order valence-electron chi connectivity index (χ1n) is 13.3. The molecule has 0 spiro atoms. The van der Waals surface area contributed by atoms with Gasteiger partial charge in [0.15, 0.2) is 11.4 Å². The van der Waals surface area contributed by atoms with Gasteiger partial charge in [-0.3, -0.25) is 19.3 Å². The first kappa shape index (κ1) is 28.3. The third kappa shape index (κ3) is 3.95. The van der Waals surface area contributed by atoms with E-state index in [1.165, 1.54) is 4.90 Å². The van der Waals surface area contributed by atoms with Crippen molar-refractivity contribution in [3.63, 3.8) is 0 Å². The molecular formula is C30H34N4O7. The van der Waals surface area contributed by atoms with Crippen molar-refractivity contribution < 1.29 is 34.8 Å². The summed E-state index contributed by atoms with van der Waals surface area (Å²) in [7, 11) is 6.82. The molecule has 2 aromatic rings. The van der Waals surface area contributed by atoms with Crippen molar-refractivity contribution in [3.05, 3.63) is 69.7 Å². The zero-order chi connectivity index (χ0) is 30.1. The van der Waals surface area contributed by atoms with Gasteiger partial charge < -0.3 is 36.8 Å². The standard InChI is InChI=1S/C30H34N4O7/c1-33(2)19-11-16(14-7-5-6-13(8-14)12-31)24(35)21-17(19)9-15-10-18-23(34(3)4)26(37)22(29(32)40)28(39)30(18,41)27(38)20(15)25(21)36/h5-8,11,15,18,23,35,37-38,41H,9-10,12,31H2,1-4H3,(H2,32,40)/t15-,18-,23-,30-/m0/s1. The fourth-order valence-corrected chi connectivity index (χ4v) is 6.78. The first-order valence-corrected chi connectivity index (χ1v) is 13.3. The number of aliphatic hydroxyl groups excluding tert-OH is 2. The van der Waals surface area contributed by atoms with Crippen LogP contribution in [0.15, 0.2) is 53.0 Å². The van der Waals surface area contributed by atoms with Crippen LogP contribution in [0, 0.1) is 11.8 Å². The third-order valence-corrected chi connectivity index (χ3v) is 8.65. The predicted molar refractivity (Wildman–Crippen MR) is 151 cm³/mol. The second kappa shape index (κ2) is 9.72. The predicted octanol–water partition coefficient (Wildman–Crippen LogP) is 1.31. The Bertz CT molecular complexity index is 1570. The van der Waals surface area contributed by atoms with Gasteiger partial charge in [-0.05, 0) is 61.7 Å². The number of rotatable bonds is 5. The van der Waals surface area contributed by atoms with Crippen LogP contribution in [0.25, 0.3) is 11.1 Å². The van der Waals surface area contributed by atoms with Gasteiger partial charge in [-0.2, -0.15) is 0 Å². The molecular weight excluding hydrogens is 528 g/mol. The molecule has 0 bridgehead atoms. The van der Waals surface area contributed by atoms with E-state index >= 15 is 0 Å². The molecule has 11 nitrogen and oxygen atoms in total. The average molecular weight is 563 g/mol. The van der Waals surface area contributed by atoms with E-state index in [1.807, 2.05) is 31.1 Å². The molecule has 1 amide bonds. The Balaban J connectivity index is 1.75. The number of nitrogens with zero attached hydrogens (tertiary/aromatic N) is 2. The molecule has 5 rings (SSSR count). The number of ketones is 2. The number of hydrogen-bond acceptors (Lipinski definition) is 10. The summed E-state index contributed by atoms with van der Waals surface area (Å²) in [4.78, 5) is 43.2. The quantitative estimate of drug-likeness (QED) is 0.290. The highest BCUT2D eigenvalue weighted by atomic mass is 16.3. The molecule has 216 valence electrons. The molecule has 0 aliphatic heterocycles. The van der Waals surface area contributed by atoms with E-state index in [9.17, 15) is 34.8 Å². The van der Waals surface area contributed by atoms with Crippen LogP contribution in [0.4, 0.5) is 5.69 Å². The lowest BCUT2D eigenvalue weighted by Crippen LogP contribution is -2.63. The van der Waals surface area contributed by atoms with E-state index < -0.39 is 58.0 Å². The number of primary amides is 1. The number of likely N-dealkylation sites (N-methyl/N-ethyl adjacent to an activating group) is 1. The van der Waals surface area contributed by atoms with Crippen LogP contribution in [0.1, 0.15) is 27.9 Å². The van der Waals surface area contributed by atoms with Crippen molar-refractivity contribution in [1.82, 2.24) is 4.90 Å². The maximum atomic E-state index is 14.2. The van der Waals surface area contributed by atoms with E-state index in [2.05, 4.69) is 0 Å². The highest BCUT2D eigenvalue weighted by Gasteiger charge is 2.63. The first-order chi connectivity index (χ1) is 19.2. The summed E-state index contributed by atoms with van der Waals surface area (Å²) in [5.74, 6) is -6.77. The molecule has 0 fully saturated rings. The topological polar surface area (TPSA) is 191 Å². The number of fused-ring (bicyclic) bond motifs is 3. The summed E-state index contributed by atoms with van der Waals surface area (Å²) < 4.78 is 0. The van der Waals surface area contributed by atoms with Gasteiger partial charge in [-0.1, -0.05) is 18.2 Å². The van der Waals surface area contributed by atoms with E-state index in [-0.39, 0.29) is 36.3 Å². The number of carbonyl (C=O) groups excluding carboxylic acids is 3. The van der Waals surface area contributed by atoms with Gasteiger partial charge in [0.1, 0.15) is 22.8 Å². The van der Waals surface area contributed by atoms with Crippen LogP contribution >= 0.6 is 0 Å². The zero-order valence-corrected chi connectivity index (χ0v) is 23.3. The molecule has 0 radical (unpaired) electrons. The number of phenols is 1. The van der Waals surface area contributed by atoms with Gasteiger partial charge >= 0.3 is 0 Å². The van der Waals surface area contributed by atoms with Crippen molar-refractivity contribution in [2.75, 3.05) is 33.1 Å². The highest BCUT2D eigenvalue weighted by molar-refractivity contribution is 6.25. The van der Waals surface area contributed by atoms with Crippen LogP contribution in [0.2, 0.25) is 0 Å². The van der Waals surface area contributed by atoms with Crippen molar-refractivity contribution in [2.45, 2.75) is 31.0 Å². The number of amides is 1. The third-order valence-electron chi connectivity index (χ3n) is 8.65. The summed E-state index contributed by atoms with van der Waals surface area (Å²) in [6.07, 6.45) is 0.235. The molecule has 11 heteroatoms. The monoisotopic (exact) mass is 562 g/mol. The number of carbonyl (C=O) groups is 3. The van der Waals surface area contributed by atoms with Crippen LogP contribution in [0.3, 0.4) is 0 Å². The molecule has 0 aromatic heterocycles. The van der Waals surface area contributed by atoms with E-state index in [4.69, 9.17) is 11.5 Å². The fraction of sp³-hybridized carbons (Fsp3) is 0.367. The van der Waals surface area contributed by atoms with Crippen LogP contribution < -0.4 is 16.4 Å². The Kier molecular flexibility index (Phi) is 6.72. The molecule has 0 saturated carbocycles. The summed E-state index contributed by atoms with van der Waals surface area (Å²) in [6.45, 7) is 0.278. The fourth-order valence-electron chi connectivity index (χ4n) is 6.78. The van der Waals surface area contributed by atoms with Gasteiger partial charge in [0.25, 0.3) is 5.91 Å². The number of phenolic OH excluding ortho intramolecular Hbond substituents is 1. The average Bonchev–Trinajstić information content (AvgIpc) is 2.90. The lowest BCUT2D eigenvalue weighted by Gasteiger charge is -2.50. The van der Waals surface area contributed by atoms with Crippen LogP contribution in [-0.4, -0.2) is 82.6 Å². The van der Waals surface area contributed by atoms with Gasteiger partial charge in [-0.15, -0.1) is 0 Å². The molecule has 2 aromatic carbocycles. The summed E-state index contributed by atoms with van der Waals surface area (Å²) in [6, 6.07) is 7.99. The van der Waals surface area contributed by atoms with Crippen molar-refractivity contribution in [2.24, 2.45) is 23.3 Å². The molecule has 0 heterocycles. The Labute approximate surface area is 237 Å². The van der Waals surface area contributed by atoms with Gasteiger partial charge in [-0.25, -0.2) is 0 Å². The maximum absolute atomic E-state index is 14.2. The summed E-state index contributed by atoms with van der Waals surface area (Å²) in [5, 5.41) is 45.8. The van der Waals surface area contributed by atoms with Crippen LogP contribution in [-0.2, 0) is 22.6 Å². The number of benzene rings is 2. The lowest BCUT2D eigenvalue weighted by atomic mass is 9.58. The summed E-state index contributed by atoms with van der Waals surface area (Å²) >= 11 is 0. The molecule has 3 aliphatic rings. The maximum Gasteiger partial charge on any atom is 0.255 e. The molecule has 41 heavy (non-hydrogen) atoms. The lowest BCUT2D eigenvalue weighted by molar-refractivity contribution is -0.148. The second-order valence-electron chi connectivity index (χ2n) is 11.4. The zero-order valence-electron chi connectivity index (χ0n) is 23.3. The van der Waals surface area contributed by atoms with Gasteiger partial charge in [0, 0.05) is 43.4 Å². The minimum Gasteiger partial charge on any atom is -0.510 e. The molecule has 4 atom stereocenters. The molecule has 0 saturated heterocycles. The van der Waals surface area contributed by atoms with Gasteiger partial charge in [0.05, 0.1) is 11.6 Å². The van der Waals surface area contributed by atoms with Crippen molar-refractivity contribution in [3.8, 4) is 16.9 Å². The minimum atomic E-state index is -2.68. The molecule has 0 unspecified atom stereocenters. The van der Waals surface area contributed by atoms with E-state index in [1.54, 1.807) is 32.3 Å². The van der Waals surface area contributed by atoms with Gasteiger partial charge in [0.2, 0.25) is 5.78 Å². The minimum absolute atomic E-state index is 0.0275. The molecule has 8 N–H and O–H groups in total. The highest BCUT2D eigenvalue weighted by Crippen LogP contribution is 2.54. The van der Waals surface area contributed by atoms with E-state index in [0.29, 0.717) is 22.4 Å². The number of aromatic hydroxyl groups is 1. The number of Topliss-reactive ketones (excluding diaryl/α,β-unsaturated/α-hetero) is 2. The van der Waals surface area contributed by atoms with E-state index in [0.717, 1.165) is 5.56 Å². The van der Waals surface area contributed by atoms with Crippen LogP contribution in [0.5, 0.6) is 5.75 Å². The Morgan fingerprint density at radius 3 is 2.37 bits per heavy atom. The molecule has 3 aliphatic carbocycles. The number of aliphatic hydroxyl groups is 3. The number of anilines is 1. The normalized spacial score (nSPS) is 25.7. The van der Waals surface area contributed by atoms with Crippen molar-refractivity contribution >= 4 is 23.2 Å². The Morgan fingerprint density at radius 2 is 1.78 bits per heavy atom. The Hall–Kier alpha value is -4.19. The second-order valence-corrected chi connectivity index (χ2v) is 11.4. The van der Waals surface area contributed by atoms with Crippen molar-refractivity contribution in [1.29, 1.82) is 0 Å². The number of allylic oxidation sites excluding steroid dienone is 1. The largest absolute Gasteiger partial charge is 0.510 e. The Morgan fingerprint density at radius 1 is 1.10 bits per heavy atom.